The van der Waals surface area contributed by atoms with Gasteiger partial charge in [-0.1, -0.05) is 52.3 Å². The molecule has 0 spiro atoms. The molecular weight excluding hydrogens is 326 g/mol. The zero-order valence-electron chi connectivity index (χ0n) is 12.0. The first-order valence-electron chi connectivity index (χ1n) is 7.48. The lowest BCUT2D eigenvalue weighted by Gasteiger charge is -2.14. The van der Waals surface area contributed by atoms with Gasteiger partial charge in [0.1, 0.15) is 12.4 Å². The van der Waals surface area contributed by atoms with Crippen molar-refractivity contribution in [3.05, 3.63) is 64.1 Å². The Bertz CT molecular complexity index is 581. The quantitative estimate of drug-likeness (QED) is 0.795. The molecule has 1 fully saturated rings. The molecule has 3 heteroatoms. The molecule has 2 aromatic carbocycles. The highest BCUT2D eigenvalue weighted by atomic mass is 79.9. The van der Waals surface area contributed by atoms with Gasteiger partial charge in [0.25, 0.3) is 0 Å². The Balaban J connectivity index is 1.63. The van der Waals surface area contributed by atoms with Crippen LogP contribution in [-0.2, 0) is 13.2 Å². The fourth-order valence-corrected chi connectivity index (χ4v) is 2.79. The van der Waals surface area contributed by atoms with Gasteiger partial charge in [0, 0.05) is 16.6 Å². The number of hydrogen-bond donors (Lipinski definition) is 1. The van der Waals surface area contributed by atoms with Crippen LogP contribution in [0.15, 0.2) is 53.0 Å². The van der Waals surface area contributed by atoms with E-state index in [9.17, 15) is 0 Å². The summed E-state index contributed by atoms with van der Waals surface area (Å²) >= 11 is 3.64. The maximum Gasteiger partial charge on any atom is 0.125 e. The fourth-order valence-electron chi connectivity index (χ4n) is 2.30. The summed E-state index contributed by atoms with van der Waals surface area (Å²) in [5.41, 5.74) is 2.39. The molecular formula is C18H20BrNO. The molecule has 0 heterocycles. The average molecular weight is 346 g/mol. The average Bonchev–Trinajstić information content (AvgIpc) is 3.33. The van der Waals surface area contributed by atoms with Gasteiger partial charge in [-0.3, -0.25) is 0 Å². The number of halogens is 1. The van der Waals surface area contributed by atoms with Gasteiger partial charge in [0.15, 0.2) is 0 Å². The summed E-state index contributed by atoms with van der Waals surface area (Å²) in [4.78, 5) is 0. The molecule has 1 aliphatic rings. The molecule has 110 valence electrons. The van der Waals surface area contributed by atoms with Crippen LogP contribution in [0.1, 0.15) is 24.0 Å². The number of benzene rings is 2. The second kappa shape index (κ2) is 7.10. The van der Waals surface area contributed by atoms with Gasteiger partial charge in [-0.25, -0.2) is 0 Å². The first-order chi connectivity index (χ1) is 10.3. The molecule has 2 nitrogen and oxygen atoms in total. The predicted octanol–water partition coefficient (Wildman–Crippen LogP) is 4.53. The van der Waals surface area contributed by atoms with Crippen LogP contribution >= 0.6 is 15.9 Å². The highest BCUT2D eigenvalue weighted by Gasteiger charge is 2.20. The monoisotopic (exact) mass is 345 g/mol. The van der Waals surface area contributed by atoms with Crippen LogP contribution in [0.5, 0.6) is 5.75 Å². The van der Waals surface area contributed by atoms with Gasteiger partial charge in [-0.2, -0.15) is 0 Å². The van der Waals surface area contributed by atoms with Crippen molar-refractivity contribution in [2.45, 2.75) is 26.0 Å². The second-order valence-corrected chi connectivity index (χ2v) is 6.42. The highest BCUT2D eigenvalue weighted by Crippen LogP contribution is 2.30. The van der Waals surface area contributed by atoms with E-state index in [1.807, 2.05) is 30.3 Å². The van der Waals surface area contributed by atoms with E-state index in [4.69, 9.17) is 4.74 Å². The molecule has 0 atom stereocenters. The van der Waals surface area contributed by atoms with Gasteiger partial charge in [0.2, 0.25) is 0 Å². The molecule has 1 saturated carbocycles. The third-order valence-corrected chi connectivity index (χ3v) is 4.49. The minimum absolute atomic E-state index is 0.604. The molecule has 0 aliphatic heterocycles. The maximum absolute atomic E-state index is 6.01. The smallest absolute Gasteiger partial charge is 0.125 e. The number of ether oxygens (including phenoxy) is 1. The van der Waals surface area contributed by atoms with Gasteiger partial charge < -0.3 is 10.1 Å². The summed E-state index contributed by atoms with van der Waals surface area (Å²) in [7, 11) is 0. The maximum atomic E-state index is 6.01. The van der Waals surface area contributed by atoms with Gasteiger partial charge >= 0.3 is 0 Å². The minimum atomic E-state index is 0.604. The van der Waals surface area contributed by atoms with Crippen molar-refractivity contribution in [2.24, 2.45) is 5.92 Å². The topological polar surface area (TPSA) is 21.3 Å². The van der Waals surface area contributed by atoms with Crippen molar-refractivity contribution >= 4 is 15.9 Å². The molecule has 0 bridgehead atoms. The number of hydrogen-bond acceptors (Lipinski definition) is 2. The summed E-state index contributed by atoms with van der Waals surface area (Å²) < 4.78 is 7.11. The van der Waals surface area contributed by atoms with Gasteiger partial charge in [-0.05, 0) is 43.0 Å². The lowest BCUT2D eigenvalue weighted by atomic mass is 10.2. The molecule has 0 unspecified atom stereocenters. The van der Waals surface area contributed by atoms with Crippen molar-refractivity contribution in [3.8, 4) is 5.75 Å². The molecule has 0 amide bonds. The highest BCUT2D eigenvalue weighted by molar-refractivity contribution is 9.10. The molecule has 1 aliphatic carbocycles. The molecule has 2 aromatic rings. The predicted molar refractivity (Wildman–Crippen MR) is 89.3 cm³/mol. The van der Waals surface area contributed by atoms with Crippen LogP contribution in [0, 0.1) is 5.92 Å². The Kier molecular flexibility index (Phi) is 4.94. The van der Waals surface area contributed by atoms with Crippen LogP contribution < -0.4 is 10.1 Å². The summed E-state index contributed by atoms with van der Waals surface area (Å²) in [6.07, 6.45) is 2.75. The van der Waals surface area contributed by atoms with E-state index in [-0.39, 0.29) is 0 Å². The Morgan fingerprint density at radius 3 is 2.62 bits per heavy atom. The Morgan fingerprint density at radius 2 is 1.86 bits per heavy atom. The first kappa shape index (κ1) is 14.6. The Labute approximate surface area is 134 Å². The molecule has 1 N–H and O–H groups in total. The SMILES string of the molecule is Brc1cccc(OCc2ccccc2)c1CNCC1CC1. The summed E-state index contributed by atoms with van der Waals surface area (Å²) in [6.45, 7) is 2.56. The molecule has 0 aromatic heterocycles. The normalized spacial score (nSPS) is 14.1. The standard InChI is InChI=1S/C18H20BrNO/c19-17-7-4-8-18(16(17)12-20-11-14-9-10-14)21-13-15-5-2-1-3-6-15/h1-8,14,20H,9-13H2. The summed E-state index contributed by atoms with van der Waals surface area (Å²) in [5, 5.41) is 3.53. The van der Waals surface area contributed by atoms with Crippen molar-refractivity contribution in [1.82, 2.24) is 5.32 Å². The van der Waals surface area contributed by atoms with E-state index in [0.29, 0.717) is 6.61 Å². The molecule has 0 radical (unpaired) electrons. The van der Waals surface area contributed by atoms with Crippen molar-refractivity contribution in [1.29, 1.82) is 0 Å². The van der Waals surface area contributed by atoms with Crippen molar-refractivity contribution in [2.75, 3.05) is 6.54 Å². The fraction of sp³-hybridized carbons (Fsp3) is 0.333. The van der Waals surface area contributed by atoms with E-state index >= 15 is 0 Å². The Morgan fingerprint density at radius 1 is 1.05 bits per heavy atom. The lowest BCUT2D eigenvalue weighted by Crippen LogP contribution is -2.17. The third kappa shape index (κ3) is 4.32. The summed E-state index contributed by atoms with van der Waals surface area (Å²) in [6, 6.07) is 16.4. The number of nitrogens with one attached hydrogen (secondary N) is 1. The zero-order chi connectivity index (χ0) is 14.5. The van der Waals surface area contributed by atoms with Gasteiger partial charge in [-0.15, -0.1) is 0 Å². The molecule has 21 heavy (non-hydrogen) atoms. The van der Waals surface area contributed by atoms with Crippen molar-refractivity contribution < 1.29 is 4.74 Å². The van der Waals surface area contributed by atoms with E-state index in [0.717, 1.165) is 29.2 Å². The molecule has 3 rings (SSSR count). The Hall–Kier alpha value is -1.32. The zero-order valence-corrected chi connectivity index (χ0v) is 13.6. The van der Waals surface area contributed by atoms with Crippen LogP contribution in [0.3, 0.4) is 0 Å². The van der Waals surface area contributed by atoms with E-state index in [1.165, 1.54) is 24.0 Å². The van der Waals surface area contributed by atoms with Crippen LogP contribution in [0.2, 0.25) is 0 Å². The third-order valence-electron chi connectivity index (χ3n) is 3.74. The van der Waals surface area contributed by atoms with Crippen molar-refractivity contribution in [3.63, 3.8) is 0 Å². The summed E-state index contributed by atoms with van der Waals surface area (Å²) in [5.74, 6) is 1.85. The number of rotatable bonds is 7. The second-order valence-electron chi connectivity index (χ2n) is 5.57. The lowest BCUT2D eigenvalue weighted by molar-refractivity contribution is 0.302. The van der Waals surface area contributed by atoms with Crippen LogP contribution in [0.25, 0.3) is 0 Å². The van der Waals surface area contributed by atoms with Crippen LogP contribution in [-0.4, -0.2) is 6.54 Å². The van der Waals surface area contributed by atoms with E-state index < -0.39 is 0 Å². The first-order valence-corrected chi connectivity index (χ1v) is 8.27. The van der Waals surface area contributed by atoms with E-state index in [2.05, 4.69) is 39.4 Å². The van der Waals surface area contributed by atoms with Crippen LogP contribution in [0.4, 0.5) is 0 Å². The van der Waals surface area contributed by atoms with E-state index in [1.54, 1.807) is 0 Å². The minimum Gasteiger partial charge on any atom is -0.489 e. The largest absolute Gasteiger partial charge is 0.489 e. The molecule has 0 saturated heterocycles. The van der Waals surface area contributed by atoms with Gasteiger partial charge in [0.05, 0.1) is 0 Å².